The number of likely N-dealkylation sites (N-methyl/N-ethyl adjacent to an activating group) is 1. The molecule has 5 heteroatoms. The molecule has 1 saturated heterocycles. The van der Waals surface area contributed by atoms with E-state index in [1.165, 1.54) is 4.90 Å². The average molecular weight is 316 g/mol. The van der Waals surface area contributed by atoms with Crippen LogP contribution in [-0.4, -0.2) is 42.5 Å². The minimum Gasteiger partial charge on any atom is -0.465 e. The zero-order chi connectivity index (χ0) is 16.8. The molecular formula is C18H24N2O3. The summed E-state index contributed by atoms with van der Waals surface area (Å²) in [6.07, 6.45) is 1.95. The summed E-state index contributed by atoms with van der Waals surface area (Å²) in [5.41, 5.74) is 0.289. The Morgan fingerprint density at radius 1 is 1.30 bits per heavy atom. The smallest absolute Gasteiger partial charge is 0.280 e. The highest BCUT2D eigenvalue weighted by molar-refractivity contribution is 6.16. The number of anilines is 1. The van der Waals surface area contributed by atoms with Gasteiger partial charge >= 0.3 is 0 Å². The van der Waals surface area contributed by atoms with E-state index in [0.717, 1.165) is 18.4 Å². The Morgan fingerprint density at radius 3 is 2.61 bits per heavy atom. The van der Waals surface area contributed by atoms with Gasteiger partial charge in [0.25, 0.3) is 17.4 Å². The lowest BCUT2D eigenvalue weighted by molar-refractivity contribution is -0.156. The predicted octanol–water partition coefficient (Wildman–Crippen LogP) is 2.37. The Balaban J connectivity index is 1.91. The van der Waals surface area contributed by atoms with Crippen LogP contribution in [0.4, 0.5) is 5.69 Å². The third-order valence-electron chi connectivity index (χ3n) is 4.98. The molecule has 2 amide bonds. The molecule has 1 aromatic carbocycles. The molecule has 0 spiro atoms. The van der Waals surface area contributed by atoms with E-state index >= 15 is 0 Å². The van der Waals surface area contributed by atoms with Gasteiger partial charge in [-0.15, -0.1) is 0 Å². The number of likely N-dealkylation sites (tertiary alicyclic amines) is 1. The van der Waals surface area contributed by atoms with Crippen LogP contribution in [0.25, 0.3) is 0 Å². The normalized spacial score (nSPS) is 25.1. The molecule has 1 aromatic rings. The van der Waals surface area contributed by atoms with Gasteiger partial charge in [-0.2, -0.15) is 0 Å². The van der Waals surface area contributed by atoms with Crippen LogP contribution in [0.3, 0.4) is 0 Å². The van der Waals surface area contributed by atoms with Gasteiger partial charge in [0, 0.05) is 20.1 Å². The Kier molecular flexibility index (Phi) is 3.82. The zero-order valence-electron chi connectivity index (χ0n) is 14.3. The molecule has 1 atom stereocenters. The summed E-state index contributed by atoms with van der Waals surface area (Å²) in [6.45, 7) is 7.13. The van der Waals surface area contributed by atoms with Crippen molar-refractivity contribution < 1.29 is 14.3 Å². The molecule has 0 N–H and O–H groups in total. The molecule has 5 nitrogen and oxygen atoms in total. The molecule has 23 heavy (non-hydrogen) atoms. The van der Waals surface area contributed by atoms with Gasteiger partial charge in [0.05, 0.1) is 5.69 Å². The van der Waals surface area contributed by atoms with Crippen molar-refractivity contribution in [2.75, 3.05) is 25.0 Å². The monoisotopic (exact) mass is 316 g/mol. The third kappa shape index (κ3) is 2.58. The second-order valence-corrected chi connectivity index (χ2v) is 6.95. The Bertz CT molecular complexity index is 650. The number of nitrogens with zero attached hydrogens (tertiary/aromatic N) is 2. The molecule has 0 aromatic heterocycles. The molecule has 0 bridgehead atoms. The van der Waals surface area contributed by atoms with E-state index in [0.29, 0.717) is 30.4 Å². The summed E-state index contributed by atoms with van der Waals surface area (Å²) in [5, 5.41) is 0. The number of amides is 2. The SMILES string of the molecule is Cc1ccc2c(c1)N(C)C(=O)C(C)(C(=O)N1CCC(C)CC1)O2. The number of rotatable bonds is 1. The molecule has 1 fully saturated rings. The largest absolute Gasteiger partial charge is 0.465 e. The first-order valence-corrected chi connectivity index (χ1v) is 8.20. The van der Waals surface area contributed by atoms with Crippen molar-refractivity contribution in [1.29, 1.82) is 0 Å². The zero-order valence-corrected chi connectivity index (χ0v) is 14.3. The quantitative estimate of drug-likeness (QED) is 0.747. The Morgan fingerprint density at radius 2 is 1.96 bits per heavy atom. The average Bonchev–Trinajstić information content (AvgIpc) is 2.54. The number of aryl methyl sites for hydroxylation is 1. The number of fused-ring (bicyclic) bond motifs is 1. The number of carbonyl (C=O) groups is 2. The molecule has 2 aliphatic rings. The van der Waals surface area contributed by atoms with E-state index in [2.05, 4.69) is 6.92 Å². The van der Waals surface area contributed by atoms with Gasteiger partial charge in [0.1, 0.15) is 5.75 Å². The van der Waals surface area contributed by atoms with Gasteiger partial charge in [-0.1, -0.05) is 13.0 Å². The van der Waals surface area contributed by atoms with Crippen LogP contribution >= 0.6 is 0 Å². The number of hydrogen-bond acceptors (Lipinski definition) is 3. The van der Waals surface area contributed by atoms with Crippen molar-refractivity contribution in [2.45, 2.75) is 39.2 Å². The first-order valence-electron chi connectivity index (χ1n) is 8.20. The molecular weight excluding hydrogens is 292 g/mol. The maximum Gasteiger partial charge on any atom is 0.280 e. The summed E-state index contributed by atoms with van der Waals surface area (Å²) >= 11 is 0. The Hall–Kier alpha value is -2.04. The fourth-order valence-electron chi connectivity index (χ4n) is 3.32. The van der Waals surface area contributed by atoms with E-state index in [1.807, 2.05) is 25.1 Å². The topological polar surface area (TPSA) is 49.9 Å². The first-order chi connectivity index (χ1) is 10.8. The highest BCUT2D eigenvalue weighted by atomic mass is 16.5. The molecule has 0 radical (unpaired) electrons. The van der Waals surface area contributed by atoms with Gasteiger partial charge < -0.3 is 14.5 Å². The van der Waals surface area contributed by atoms with Gasteiger partial charge in [-0.05, 0) is 50.3 Å². The van der Waals surface area contributed by atoms with Crippen molar-refractivity contribution in [3.63, 3.8) is 0 Å². The van der Waals surface area contributed by atoms with Crippen LogP contribution in [0.1, 0.15) is 32.3 Å². The highest BCUT2D eigenvalue weighted by Crippen LogP contribution is 2.38. The number of carbonyl (C=O) groups excluding carboxylic acids is 2. The fourth-order valence-corrected chi connectivity index (χ4v) is 3.32. The number of piperidine rings is 1. The molecule has 0 aliphatic carbocycles. The van der Waals surface area contributed by atoms with Gasteiger partial charge in [0.2, 0.25) is 0 Å². The lowest BCUT2D eigenvalue weighted by Crippen LogP contribution is -2.62. The van der Waals surface area contributed by atoms with Crippen LogP contribution in [0.5, 0.6) is 5.75 Å². The minimum atomic E-state index is -1.47. The number of hydrogen-bond donors (Lipinski definition) is 0. The van der Waals surface area contributed by atoms with Crippen molar-refractivity contribution in [3.8, 4) is 5.75 Å². The van der Waals surface area contributed by atoms with Crippen LogP contribution in [0.2, 0.25) is 0 Å². The van der Waals surface area contributed by atoms with Crippen molar-refractivity contribution in [1.82, 2.24) is 4.90 Å². The summed E-state index contributed by atoms with van der Waals surface area (Å²) < 4.78 is 5.92. The van der Waals surface area contributed by atoms with Crippen molar-refractivity contribution >= 4 is 17.5 Å². The van der Waals surface area contributed by atoms with E-state index < -0.39 is 5.60 Å². The number of ether oxygens (including phenoxy) is 1. The van der Waals surface area contributed by atoms with Gasteiger partial charge in [-0.3, -0.25) is 9.59 Å². The minimum absolute atomic E-state index is 0.229. The summed E-state index contributed by atoms with van der Waals surface area (Å²) in [5.74, 6) is 0.673. The maximum absolute atomic E-state index is 13.0. The third-order valence-corrected chi connectivity index (χ3v) is 4.98. The summed E-state index contributed by atoms with van der Waals surface area (Å²) in [6, 6.07) is 5.66. The molecule has 3 rings (SSSR count). The standard InChI is InChI=1S/C18H24N2O3/c1-12-7-9-20(10-8-12)17(22)18(3)16(21)19(4)14-11-13(2)5-6-15(14)23-18/h5-6,11-12H,7-10H2,1-4H3. The summed E-state index contributed by atoms with van der Waals surface area (Å²) in [4.78, 5) is 29.1. The van der Waals surface area contributed by atoms with Crippen molar-refractivity contribution in [3.05, 3.63) is 23.8 Å². The second-order valence-electron chi connectivity index (χ2n) is 6.95. The number of benzene rings is 1. The molecule has 2 heterocycles. The lowest BCUT2D eigenvalue weighted by Gasteiger charge is -2.41. The predicted molar refractivity (Wildman–Crippen MR) is 88.6 cm³/mol. The van der Waals surface area contributed by atoms with Gasteiger partial charge in [0.15, 0.2) is 0 Å². The second kappa shape index (κ2) is 5.55. The molecule has 1 unspecified atom stereocenters. The van der Waals surface area contributed by atoms with E-state index in [-0.39, 0.29) is 11.8 Å². The molecule has 0 saturated carbocycles. The summed E-state index contributed by atoms with van der Waals surface area (Å²) in [7, 11) is 1.70. The van der Waals surface area contributed by atoms with E-state index in [9.17, 15) is 9.59 Å². The lowest BCUT2D eigenvalue weighted by atomic mass is 9.95. The van der Waals surface area contributed by atoms with E-state index in [1.54, 1.807) is 18.9 Å². The van der Waals surface area contributed by atoms with Crippen LogP contribution < -0.4 is 9.64 Å². The Labute approximate surface area is 137 Å². The molecule has 124 valence electrons. The van der Waals surface area contributed by atoms with Crippen molar-refractivity contribution in [2.24, 2.45) is 5.92 Å². The van der Waals surface area contributed by atoms with Gasteiger partial charge in [-0.25, -0.2) is 0 Å². The molecule has 2 aliphatic heterocycles. The highest BCUT2D eigenvalue weighted by Gasteiger charge is 2.51. The fraction of sp³-hybridized carbons (Fsp3) is 0.556. The van der Waals surface area contributed by atoms with Crippen LogP contribution in [-0.2, 0) is 9.59 Å². The first kappa shape index (κ1) is 15.8. The van der Waals surface area contributed by atoms with Crippen LogP contribution in [0, 0.1) is 12.8 Å². The maximum atomic E-state index is 13.0. The van der Waals surface area contributed by atoms with Crippen LogP contribution in [0.15, 0.2) is 18.2 Å². The van der Waals surface area contributed by atoms with E-state index in [4.69, 9.17) is 4.74 Å².